The summed E-state index contributed by atoms with van der Waals surface area (Å²) in [6, 6.07) is 0. The topological polar surface area (TPSA) is 31.5 Å². The maximum atomic E-state index is 3.53. The molecule has 0 unspecified atom stereocenters. The van der Waals surface area contributed by atoms with Crippen molar-refractivity contribution in [2.45, 2.75) is 0 Å². The molecule has 0 spiro atoms. The van der Waals surface area contributed by atoms with Gasteiger partial charge in [-0.05, 0) is 12.5 Å². The van der Waals surface area contributed by atoms with Gasteiger partial charge < -0.3 is 5.48 Å². The molecule has 0 fully saturated rings. The maximum Gasteiger partial charge on any atom is 0.0107 e. The minimum Gasteiger partial charge on any atom is -0.412 e. The molecule has 68 valence electrons. The Kier molecular flexibility index (Phi) is 35.3. The molecule has 0 aromatic heterocycles. The summed E-state index contributed by atoms with van der Waals surface area (Å²) < 4.78 is 0. The van der Waals surface area contributed by atoms with Crippen molar-refractivity contribution in [1.29, 1.82) is 0 Å². The lowest BCUT2D eigenvalue weighted by atomic mass is 10.8. The molecule has 11 heavy (non-hydrogen) atoms. The Hall–Kier alpha value is 0.140. The van der Waals surface area contributed by atoms with Crippen LogP contribution in [0.3, 0.4) is 0 Å². The van der Waals surface area contributed by atoms with E-state index in [-0.39, 0.29) is 5.48 Å². The Balaban J connectivity index is -0.000000107. The molecule has 0 radical (unpaired) electrons. The first-order valence-electron chi connectivity index (χ1n) is 3.03. The van der Waals surface area contributed by atoms with Crippen molar-refractivity contribution in [3.8, 4) is 0 Å². The molecule has 0 atom stereocenters. The average Bonchev–Trinajstić information content (AvgIpc) is 1.93. The Morgan fingerprint density at radius 3 is 1.27 bits per heavy atom. The van der Waals surface area contributed by atoms with Crippen LogP contribution >= 0.6 is 23.5 Å². The Morgan fingerprint density at radius 2 is 1.27 bits per heavy atom. The fourth-order valence-electron chi connectivity index (χ4n) is 0.236. The summed E-state index contributed by atoms with van der Waals surface area (Å²) in [4.78, 5) is 0. The van der Waals surface area contributed by atoms with Crippen LogP contribution in [0.5, 0.6) is 0 Å². The molecule has 3 heteroatoms. The molecule has 0 aromatic rings. The third kappa shape index (κ3) is 39.2. The lowest BCUT2D eigenvalue weighted by molar-refractivity contribution is 0.824. The van der Waals surface area contributed by atoms with E-state index in [4.69, 9.17) is 0 Å². The highest BCUT2D eigenvalue weighted by Crippen LogP contribution is 1.87. The monoisotopic (exact) mass is 194 g/mol. The second-order valence-corrected chi connectivity index (χ2v) is 3.31. The lowest BCUT2D eigenvalue weighted by Crippen LogP contribution is -1.57. The second-order valence-electron chi connectivity index (χ2n) is 1.49. The van der Waals surface area contributed by atoms with Crippen molar-refractivity contribution in [2.24, 2.45) is 0 Å². The molecular formula is C8H18OS2. The normalized spacial score (nSPS) is 6.73. The van der Waals surface area contributed by atoms with Crippen molar-refractivity contribution < 1.29 is 5.48 Å². The molecule has 1 nitrogen and oxygen atoms in total. The van der Waals surface area contributed by atoms with E-state index in [0.29, 0.717) is 0 Å². The van der Waals surface area contributed by atoms with Gasteiger partial charge in [0, 0.05) is 11.5 Å². The number of hydrogen-bond donors (Lipinski definition) is 0. The van der Waals surface area contributed by atoms with Gasteiger partial charge in [0.25, 0.3) is 0 Å². The molecule has 0 amide bonds. The van der Waals surface area contributed by atoms with E-state index in [1.165, 1.54) is 0 Å². The van der Waals surface area contributed by atoms with E-state index in [0.717, 1.165) is 11.5 Å². The van der Waals surface area contributed by atoms with Crippen molar-refractivity contribution in [2.75, 3.05) is 24.0 Å². The summed E-state index contributed by atoms with van der Waals surface area (Å²) in [5, 5.41) is 0. The van der Waals surface area contributed by atoms with Gasteiger partial charge >= 0.3 is 0 Å². The molecule has 0 aliphatic carbocycles. The van der Waals surface area contributed by atoms with Gasteiger partial charge in [0.2, 0.25) is 0 Å². The fraction of sp³-hybridized carbons (Fsp3) is 0.500. The maximum absolute atomic E-state index is 3.53. The van der Waals surface area contributed by atoms with Crippen molar-refractivity contribution in [3.05, 3.63) is 25.3 Å². The van der Waals surface area contributed by atoms with E-state index in [1.807, 2.05) is 12.2 Å². The van der Waals surface area contributed by atoms with Gasteiger partial charge in [0.15, 0.2) is 0 Å². The van der Waals surface area contributed by atoms with Gasteiger partial charge in [0.05, 0.1) is 0 Å². The summed E-state index contributed by atoms with van der Waals surface area (Å²) >= 11 is 3.57. The number of thioether (sulfide) groups is 2. The standard InChI is InChI=1S/2C4H8S.H2O/c2*1-3-4-5-2;/h2*3H,1,4H2,2H3;1H2. The predicted molar refractivity (Wildman–Crippen MR) is 60.8 cm³/mol. The molecule has 0 saturated carbocycles. The minimum absolute atomic E-state index is 0. The van der Waals surface area contributed by atoms with Crippen molar-refractivity contribution in [3.63, 3.8) is 0 Å². The minimum atomic E-state index is 0. The summed E-state index contributed by atoms with van der Waals surface area (Å²) in [5.41, 5.74) is 0. The zero-order chi connectivity index (χ0) is 8.24. The van der Waals surface area contributed by atoms with Crippen LogP contribution in [0.4, 0.5) is 0 Å². The summed E-state index contributed by atoms with van der Waals surface area (Å²) in [6.07, 6.45) is 7.90. The predicted octanol–water partition coefficient (Wildman–Crippen LogP) is 2.25. The zero-order valence-electron chi connectivity index (χ0n) is 7.30. The summed E-state index contributed by atoms with van der Waals surface area (Å²) in [6.45, 7) is 7.06. The highest BCUT2D eigenvalue weighted by Gasteiger charge is 1.61. The lowest BCUT2D eigenvalue weighted by Gasteiger charge is -1.74. The van der Waals surface area contributed by atoms with Gasteiger partial charge in [-0.25, -0.2) is 0 Å². The first-order chi connectivity index (χ1) is 4.83. The van der Waals surface area contributed by atoms with Gasteiger partial charge in [-0.1, -0.05) is 12.2 Å². The zero-order valence-corrected chi connectivity index (χ0v) is 8.93. The van der Waals surface area contributed by atoms with E-state index in [9.17, 15) is 0 Å². The Labute approximate surface area is 78.6 Å². The van der Waals surface area contributed by atoms with Crippen LogP contribution in [0.1, 0.15) is 0 Å². The van der Waals surface area contributed by atoms with Crippen LogP contribution in [0.15, 0.2) is 25.3 Å². The van der Waals surface area contributed by atoms with Gasteiger partial charge in [-0.15, -0.1) is 13.2 Å². The van der Waals surface area contributed by atoms with Crippen LogP contribution in [0, 0.1) is 0 Å². The SMILES string of the molecule is C=CCSC.C=CCSC.O. The average molecular weight is 194 g/mol. The highest BCUT2D eigenvalue weighted by atomic mass is 32.2. The van der Waals surface area contributed by atoms with E-state index in [2.05, 4.69) is 25.7 Å². The van der Waals surface area contributed by atoms with E-state index < -0.39 is 0 Å². The molecule has 0 aliphatic heterocycles. The van der Waals surface area contributed by atoms with Crippen LogP contribution in [0.25, 0.3) is 0 Å². The largest absolute Gasteiger partial charge is 0.412 e. The first-order valence-corrected chi connectivity index (χ1v) is 5.81. The van der Waals surface area contributed by atoms with E-state index in [1.54, 1.807) is 23.5 Å². The van der Waals surface area contributed by atoms with Crippen LogP contribution < -0.4 is 0 Å². The molecule has 0 aromatic carbocycles. The summed E-state index contributed by atoms with van der Waals surface area (Å²) in [5.74, 6) is 2.14. The fourth-order valence-corrected chi connectivity index (χ4v) is 0.707. The third-order valence-corrected chi connectivity index (χ3v) is 1.71. The number of rotatable bonds is 4. The third-order valence-electron chi connectivity index (χ3n) is 0.569. The number of hydrogen-bond acceptors (Lipinski definition) is 2. The van der Waals surface area contributed by atoms with Crippen LogP contribution in [-0.2, 0) is 0 Å². The first kappa shape index (κ1) is 17.3. The molecule has 0 saturated heterocycles. The Morgan fingerprint density at radius 1 is 1.00 bits per heavy atom. The van der Waals surface area contributed by atoms with E-state index >= 15 is 0 Å². The molecule has 0 aliphatic rings. The quantitative estimate of drug-likeness (QED) is 0.643. The van der Waals surface area contributed by atoms with Crippen LogP contribution in [0.2, 0.25) is 0 Å². The second kappa shape index (κ2) is 22.5. The van der Waals surface area contributed by atoms with Crippen molar-refractivity contribution in [1.82, 2.24) is 0 Å². The Bertz CT molecular complexity index is 64.5. The molecule has 2 N–H and O–H groups in total. The smallest absolute Gasteiger partial charge is 0.0107 e. The molecular weight excluding hydrogens is 176 g/mol. The highest BCUT2D eigenvalue weighted by molar-refractivity contribution is 7.98. The van der Waals surface area contributed by atoms with Gasteiger partial charge in [-0.2, -0.15) is 23.5 Å². The summed E-state index contributed by atoms with van der Waals surface area (Å²) in [7, 11) is 0. The van der Waals surface area contributed by atoms with Gasteiger partial charge in [-0.3, -0.25) is 0 Å². The molecule has 0 heterocycles. The van der Waals surface area contributed by atoms with Crippen molar-refractivity contribution >= 4 is 23.5 Å². The molecule has 0 bridgehead atoms. The molecule has 0 rings (SSSR count). The van der Waals surface area contributed by atoms with Gasteiger partial charge in [0.1, 0.15) is 0 Å². The van der Waals surface area contributed by atoms with Crippen LogP contribution in [-0.4, -0.2) is 29.5 Å².